The van der Waals surface area contributed by atoms with Gasteiger partial charge in [0, 0.05) is 25.5 Å². The predicted molar refractivity (Wildman–Crippen MR) is 120 cm³/mol. The molecule has 27 heavy (non-hydrogen) atoms. The molecule has 0 aliphatic rings. The summed E-state index contributed by atoms with van der Waals surface area (Å²) in [5.74, 6) is 1.58. The van der Waals surface area contributed by atoms with E-state index in [2.05, 4.69) is 33.6 Å². The standard InChI is InChI=1S/C20H28N4O2.HI/c1-4-22-20(24-14-18(25)16-7-10-21-11-8-16)23-12-9-17-13-15(2)5-6-19(17)26-3;/h5-8,10-11,13,18,25H,4,9,12,14H2,1-3H3,(H2,22,23,24);1H. The number of hydrogen-bond acceptors (Lipinski definition) is 4. The fraction of sp³-hybridized carbons (Fsp3) is 0.400. The third-order valence-electron chi connectivity index (χ3n) is 3.98. The number of hydrogen-bond donors (Lipinski definition) is 3. The van der Waals surface area contributed by atoms with Gasteiger partial charge in [0.15, 0.2) is 5.96 Å². The second-order valence-corrected chi connectivity index (χ2v) is 6.01. The molecule has 148 valence electrons. The molecule has 0 saturated heterocycles. The molecule has 0 spiro atoms. The van der Waals surface area contributed by atoms with Gasteiger partial charge in [-0.2, -0.15) is 0 Å². The predicted octanol–water partition coefficient (Wildman–Crippen LogP) is 2.85. The van der Waals surface area contributed by atoms with Crippen molar-refractivity contribution >= 4 is 29.9 Å². The van der Waals surface area contributed by atoms with E-state index in [1.165, 1.54) is 5.56 Å². The van der Waals surface area contributed by atoms with Crippen LogP contribution in [0.4, 0.5) is 0 Å². The monoisotopic (exact) mass is 484 g/mol. The number of guanidine groups is 1. The third-order valence-corrected chi connectivity index (χ3v) is 3.98. The number of pyridine rings is 1. The lowest BCUT2D eigenvalue weighted by Gasteiger charge is -2.14. The molecule has 0 aliphatic heterocycles. The van der Waals surface area contributed by atoms with Gasteiger partial charge in [-0.25, -0.2) is 0 Å². The van der Waals surface area contributed by atoms with E-state index in [1.807, 2.05) is 19.1 Å². The fourth-order valence-electron chi connectivity index (χ4n) is 2.63. The van der Waals surface area contributed by atoms with E-state index < -0.39 is 6.10 Å². The van der Waals surface area contributed by atoms with Crippen molar-refractivity contribution in [1.29, 1.82) is 0 Å². The first-order valence-electron chi connectivity index (χ1n) is 8.87. The van der Waals surface area contributed by atoms with Crippen molar-refractivity contribution in [3.05, 3.63) is 59.4 Å². The van der Waals surface area contributed by atoms with Gasteiger partial charge in [-0.1, -0.05) is 17.7 Å². The Morgan fingerprint density at radius 3 is 2.63 bits per heavy atom. The van der Waals surface area contributed by atoms with Gasteiger partial charge < -0.3 is 20.5 Å². The van der Waals surface area contributed by atoms with Crippen LogP contribution in [0.5, 0.6) is 5.75 Å². The molecule has 7 heteroatoms. The van der Waals surface area contributed by atoms with Crippen molar-refractivity contribution in [2.75, 3.05) is 26.7 Å². The van der Waals surface area contributed by atoms with Crippen LogP contribution in [0.3, 0.4) is 0 Å². The number of aryl methyl sites for hydroxylation is 1. The topological polar surface area (TPSA) is 78.8 Å². The molecule has 1 atom stereocenters. The number of aliphatic hydroxyl groups excluding tert-OH is 1. The van der Waals surface area contributed by atoms with E-state index in [4.69, 9.17) is 4.74 Å². The smallest absolute Gasteiger partial charge is 0.191 e. The fourth-order valence-corrected chi connectivity index (χ4v) is 2.63. The van der Waals surface area contributed by atoms with Crippen molar-refractivity contribution < 1.29 is 9.84 Å². The molecule has 1 heterocycles. The van der Waals surface area contributed by atoms with Gasteiger partial charge in [-0.15, -0.1) is 24.0 Å². The van der Waals surface area contributed by atoms with Crippen LogP contribution in [0.2, 0.25) is 0 Å². The summed E-state index contributed by atoms with van der Waals surface area (Å²) in [5.41, 5.74) is 3.18. The highest BCUT2D eigenvalue weighted by atomic mass is 127. The molecule has 0 aliphatic carbocycles. The van der Waals surface area contributed by atoms with E-state index in [-0.39, 0.29) is 30.5 Å². The van der Waals surface area contributed by atoms with Crippen LogP contribution < -0.4 is 15.4 Å². The molecular formula is C20H29IN4O2. The minimum atomic E-state index is -0.648. The number of nitrogens with zero attached hydrogens (tertiary/aromatic N) is 2. The molecule has 0 bridgehead atoms. The summed E-state index contributed by atoms with van der Waals surface area (Å²) in [6.45, 7) is 5.84. The highest BCUT2D eigenvalue weighted by Gasteiger charge is 2.08. The normalized spacial score (nSPS) is 12.1. The second kappa shape index (κ2) is 12.5. The van der Waals surface area contributed by atoms with Gasteiger partial charge >= 0.3 is 0 Å². The Morgan fingerprint density at radius 1 is 1.22 bits per heavy atom. The van der Waals surface area contributed by atoms with E-state index in [9.17, 15) is 5.11 Å². The van der Waals surface area contributed by atoms with Crippen LogP contribution in [-0.2, 0) is 6.42 Å². The Hall–Kier alpha value is -1.87. The molecular weight excluding hydrogens is 455 g/mol. The molecule has 2 aromatic rings. The van der Waals surface area contributed by atoms with Crippen LogP contribution in [0.25, 0.3) is 0 Å². The number of halogens is 1. The Labute approximate surface area is 178 Å². The summed E-state index contributed by atoms with van der Waals surface area (Å²) in [7, 11) is 1.69. The number of aromatic nitrogens is 1. The number of benzene rings is 1. The molecule has 0 fully saturated rings. The lowest BCUT2D eigenvalue weighted by atomic mass is 10.1. The van der Waals surface area contributed by atoms with Crippen molar-refractivity contribution in [1.82, 2.24) is 15.6 Å². The highest BCUT2D eigenvalue weighted by molar-refractivity contribution is 14.0. The summed E-state index contributed by atoms with van der Waals surface area (Å²) in [6.07, 6.45) is 3.51. The summed E-state index contributed by atoms with van der Waals surface area (Å²) in [4.78, 5) is 8.43. The minimum absolute atomic E-state index is 0. The maximum atomic E-state index is 10.2. The molecule has 1 unspecified atom stereocenters. The van der Waals surface area contributed by atoms with E-state index >= 15 is 0 Å². The van der Waals surface area contributed by atoms with Gasteiger partial charge in [0.25, 0.3) is 0 Å². The Kier molecular flexibility index (Phi) is 10.7. The average Bonchev–Trinajstić information content (AvgIpc) is 2.66. The molecule has 1 aromatic heterocycles. The first-order chi connectivity index (χ1) is 12.6. The SMILES string of the molecule is CCNC(=NCC(O)c1ccncc1)NCCc1cc(C)ccc1OC.I. The zero-order chi connectivity index (χ0) is 18.8. The van der Waals surface area contributed by atoms with Crippen molar-refractivity contribution in [3.8, 4) is 5.75 Å². The molecule has 6 nitrogen and oxygen atoms in total. The van der Waals surface area contributed by atoms with Crippen molar-refractivity contribution in [3.63, 3.8) is 0 Å². The van der Waals surface area contributed by atoms with Crippen LogP contribution >= 0.6 is 24.0 Å². The zero-order valence-electron chi connectivity index (χ0n) is 16.1. The summed E-state index contributed by atoms with van der Waals surface area (Å²) >= 11 is 0. The number of nitrogens with one attached hydrogen (secondary N) is 2. The van der Waals surface area contributed by atoms with Crippen LogP contribution in [0.15, 0.2) is 47.7 Å². The lowest BCUT2D eigenvalue weighted by Crippen LogP contribution is -2.38. The first-order valence-corrected chi connectivity index (χ1v) is 8.87. The number of ether oxygens (including phenoxy) is 1. The Balaban J connectivity index is 0.00000364. The summed E-state index contributed by atoms with van der Waals surface area (Å²) < 4.78 is 5.42. The highest BCUT2D eigenvalue weighted by Crippen LogP contribution is 2.19. The first kappa shape index (κ1) is 23.2. The molecule has 0 radical (unpaired) electrons. The van der Waals surface area contributed by atoms with Gasteiger partial charge in [-0.3, -0.25) is 9.98 Å². The maximum Gasteiger partial charge on any atom is 0.191 e. The summed E-state index contributed by atoms with van der Waals surface area (Å²) in [5, 5.41) is 16.7. The number of aliphatic imine (C=N–C) groups is 1. The Bertz CT molecular complexity index is 710. The molecule has 0 amide bonds. The number of methoxy groups -OCH3 is 1. The Morgan fingerprint density at radius 2 is 1.96 bits per heavy atom. The molecule has 0 saturated carbocycles. The third kappa shape index (κ3) is 7.72. The quantitative estimate of drug-likeness (QED) is 0.305. The van der Waals surface area contributed by atoms with Crippen molar-refractivity contribution in [2.45, 2.75) is 26.4 Å². The van der Waals surface area contributed by atoms with Crippen LogP contribution in [-0.4, -0.2) is 42.8 Å². The van der Waals surface area contributed by atoms with Gasteiger partial charge in [0.2, 0.25) is 0 Å². The largest absolute Gasteiger partial charge is 0.496 e. The van der Waals surface area contributed by atoms with Crippen LogP contribution in [0, 0.1) is 6.92 Å². The average molecular weight is 484 g/mol. The summed E-state index contributed by atoms with van der Waals surface area (Å²) in [6, 6.07) is 9.77. The van der Waals surface area contributed by atoms with E-state index in [0.29, 0.717) is 5.96 Å². The number of aliphatic hydroxyl groups is 1. The van der Waals surface area contributed by atoms with Crippen molar-refractivity contribution in [2.24, 2.45) is 4.99 Å². The van der Waals surface area contributed by atoms with Gasteiger partial charge in [-0.05, 0) is 49.6 Å². The van der Waals surface area contributed by atoms with Crippen LogP contribution in [0.1, 0.15) is 29.7 Å². The molecule has 2 rings (SSSR count). The zero-order valence-corrected chi connectivity index (χ0v) is 18.4. The van der Waals surface area contributed by atoms with Gasteiger partial charge in [0.1, 0.15) is 5.75 Å². The maximum absolute atomic E-state index is 10.2. The minimum Gasteiger partial charge on any atom is -0.496 e. The molecule has 1 aromatic carbocycles. The van der Waals surface area contributed by atoms with E-state index in [0.717, 1.165) is 36.4 Å². The van der Waals surface area contributed by atoms with Gasteiger partial charge in [0.05, 0.1) is 19.8 Å². The lowest BCUT2D eigenvalue weighted by molar-refractivity contribution is 0.187. The molecule has 3 N–H and O–H groups in total. The second-order valence-electron chi connectivity index (χ2n) is 6.01. The van der Waals surface area contributed by atoms with E-state index in [1.54, 1.807) is 31.6 Å². The number of rotatable bonds is 8.